The second-order valence-corrected chi connectivity index (χ2v) is 12.7. The van der Waals surface area contributed by atoms with Gasteiger partial charge >= 0.3 is 12.1 Å². The van der Waals surface area contributed by atoms with Crippen molar-refractivity contribution in [3.8, 4) is 0 Å². The van der Waals surface area contributed by atoms with E-state index in [9.17, 15) is 31.5 Å². The zero-order chi connectivity index (χ0) is 30.4. The lowest BCUT2D eigenvalue weighted by Gasteiger charge is -2.42. The molecule has 15 heteroatoms. The normalized spacial score (nSPS) is 21.7. The van der Waals surface area contributed by atoms with Gasteiger partial charge in [-0.05, 0) is 45.2 Å². The number of carboxylic acid groups (broad SMARTS) is 1. The van der Waals surface area contributed by atoms with E-state index in [2.05, 4.69) is 20.5 Å². The zero-order valence-corrected chi connectivity index (χ0v) is 23.7. The van der Waals surface area contributed by atoms with E-state index >= 15 is 4.39 Å². The molecule has 2 atom stereocenters. The summed E-state index contributed by atoms with van der Waals surface area (Å²) in [5, 5.41) is 20.3. The minimum absolute atomic E-state index is 0.109. The van der Waals surface area contributed by atoms with Crippen LogP contribution >= 0.6 is 0 Å². The Morgan fingerprint density at radius 2 is 1.90 bits per heavy atom. The zero-order valence-electron chi connectivity index (χ0n) is 22.9. The van der Waals surface area contributed by atoms with Crippen LogP contribution in [-0.2, 0) is 27.4 Å². The van der Waals surface area contributed by atoms with E-state index < -0.39 is 49.9 Å². The topological polar surface area (TPSA) is 132 Å². The van der Waals surface area contributed by atoms with Crippen molar-refractivity contribution < 1.29 is 35.9 Å². The van der Waals surface area contributed by atoms with Crippen LogP contribution in [0.2, 0.25) is 0 Å². The molecule has 226 valence electrons. The van der Waals surface area contributed by atoms with Gasteiger partial charge in [-0.15, -0.1) is 0 Å². The number of aliphatic carboxylic acids is 1. The number of piperidine rings is 1. The Morgan fingerprint density at radius 1 is 1.19 bits per heavy atom. The summed E-state index contributed by atoms with van der Waals surface area (Å²) < 4.78 is 84.4. The number of hydrogen-bond donors (Lipinski definition) is 3. The van der Waals surface area contributed by atoms with Crippen molar-refractivity contribution in [1.82, 2.24) is 19.5 Å². The fourth-order valence-corrected chi connectivity index (χ4v) is 7.47. The Bertz CT molecular complexity index is 1610. The number of nitrogens with one attached hydrogen (secondary N) is 2. The van der Waals surface area contributed by atoms with Crippen LogP contribution in [0.5, 0.6) is 0 Å². The molecule has 2 fully saturated rings. The van der Waals surface area contributed by atoms with Crippen LogP contribution in [0.15, 0.2) is 41.3 Å². The number of aromatic amines is 1. The number of aryl methyl sites for hydroxylation is 1. The van der Waals surface area contributed by atoms with E-state index in [4.69, 9.17) is 0 Å². The van der Waals surface area contributed by atoms with E-state index in [0.717, 1.165) is 28.6 Å². The first kappa shape index (κ1) is 29.8. The largest absolute Gasteiger partial charge is 0.481 e. The van der Waals surface area contributed by atoms with Crippen molar-refractivity contribution in [3.63, 3.8) is 0 Å². The molecule has 0 radical (unpaired) electrons. The van der Waals surface area contributed by atoms with E-state index in [-0.39, 0.29) is 43.0 Å². The SMILES string of the molecule is Cc1cc(Nc2cc(N3CCC3)c(F)c(C[C@@]3(C(=O)O)CCN(S(=O)(=O)c4ccccc4C(F)(F)F)[C@H](C)C3)n2)n[nH]1. The first-order valence-electron chi connectivity index (χ1n) is 13.4. The van der Waals surface area contributed by atoms with Gasteiger partial charge in [-0.25, -0.2) is 17.8 Å². The van der Waals surface area contributed by atoms with Crippen LogP contribution < -0.4 is 10.2 Å². The summed E-state index contributed by atoms with van der Waals surface area (Å²) in [6, 6.07) is 6.15. The molecule has 10 nitrogen and oxygen atoms in total. The number of benzene rings is 1. The number of hydrogen-bond acceptors (Lipinski definition) is 7. The van der Waals surface area contributed by atoms with Crippen molar-refractivity contribution >= 4 is 33.3 Å². The number of carbonyl (C=O) groups is 1. The number of aromatic nitrogens is 3. The first-order valence-corrected chi connectivity index (χ1v) is 14.8. The molecule has 0 saturated carbocycles. The molecule has 0 spiro atoms. The number of sulfonamides is 1. The summed E-state index contributed by atoms with van der Waals surface area (Å²) in [7, 11) is -4.63. The molecule has 5 rings (SSSR count). The number of rotatable bonds is 8. The number of halogens is 4. The Labute approximate surface area is 239 Å². The lowest BCUT2D eigenvalue weighted by Crippen LogP contribution is -2.52. The van der Waals surface area contributed by atoms with Crippen molar-refractivity contribution in [2.45, 2.75) is 56.6 Å². The molecule has 1 aromatic carbocycles. The van der Waals surface area contributed by atoms with Gasteiger partial charge < -0.3 is 15.3 Å². The third kappa shape index (κ3) is 5.54. The van der Waals surface area contributed by atoms with E-state index in [1.165, 1.54) is 19.1 Å². The average molecular weight is 611 g/mol. The maximum Gasteiger partial charge on any atom is 0.417 e. The molecule has 3 aromatic rings. The van der Waals surface area contributed by atoms with Crippen LogP contribution in [0, 0.1) is 18.2 Å². The van der Waals surface area contributed by atoms with E-state index in [0.29, 0.717) is 25.0 Å². The summed E-state index contributed by atoms with van der Waals surface area (Å²) in [6.07, 6.45) is -4.89. The Balaban J connectivity index is 1.46. The fourth-order valence-electron chi connectivity index (χ4n) is 5.62. The van der Waals surface area contributed by atoms with Gasteiger partial charge in [0.15, 0.2) is 11.6 Å². The van der Waals surface area contributed by atoms with E-state index in [1.54, 1.807) is 13.0 Å². The average Bonchev–Trinajstić information content (AvgIpc) is 3.29. The molecule has 42 heavy (non-hydrogen) atoms. The monoisotopic (exact) mass is 610 g/mol. The summed E-state index contributed by atoms with van der Waals surface area (Å²) in [5.74, 6) is -1.24. The molecule has 0 bridgehead atoms. The Kier molecular flexibility index (Phi) is 7.68. The van der Waals surface area contributed by atoms with Crippen molar-refractivity contribution in [2.75, 3.05) is 29.9 Å². The molecule has 2 aliphatic rings. The number of H-pyrrole nitrogens is 1. The standard InChI is InChI=1S/C27H30F4N6O4S/c1-16-12-23(35-34-16)33-22-13-20(36-9-5-10-36)24(28)19(32-22)15-26(25(38)39)8-11-37(17(2)14-26)42(40,41)21-7-4-3-6-18(21)27(29,30)31/h3-4,6-7,12-13,17H,5,8-11,14-15H2,1-2H3,(H,38,39)(H2,32,33,34,35)/t17-,26-/m1/s1. The molecule has 2 aliphatic heterocycles. The fraction of sp³-hybridized carbons (Fsp3) is 0.444. The molecular weight excluding hydrogens is 580 g/mol. The van der Waals surface area contributed by atoms with Crippen LogP contribution in [-0.4, -0.2) is 64.7 Å². The maximum absolute atomic E-state index is 15.8. The summed E-state index contributed by atoms with van der Waals surface area (Å²) in [6.45, 7) is 4.12. The molecule has 0 amide bonds. The quantitative estimate of drug-likeness (QED) is 0.313. The highest BCUT2D eigenvalue weighted by atomic mass is 32.2. The lowest BCUT2D eigenvalue weighted by atomic mass is 9.73. The molecule has 3 N–H and O–H groups in total. The van der Waals surface area contributed by atoms with Gasteiger partial charge in [0.2, 0.25) is 10.0 Å². The summed E-state index contributed by atoms with van der Waals surface area (Å²) in [4.78, 5) is 18.0. The Hall–Kier alpha value is -3.72. The lowest BCUT2D eigenvalue weighted by molar-refractivity contribution is -0.152. The molecule has 2 aromatic heterocycles. The number of nitrogens with zero attached hydrogens (tertiary/aromatic N) is 4. The number of alkyl halides is 3. The van der Waals surface area contributed by atoms with Gasteiger partial charge in [-0.1, -0.05) is 12.1 Å². The molecule has 2 saturated heterocycles. The van der Waals surface area contributed by atoms with Gasteiger partial charge in [0.1, 0.15) is 5.82 Å². The second-order valence-electron chi connectivity index (χ2n) is 10.9. The maximum atomic E-state index is 15.8. The highest BCUT2D eigenvalue weighted by molar-refractivity contribution is 7.89. The molecule has 0 aliphatic carbocycles. The van der Waals surface area contributed by atoms with Crippen molar-refractivity contribution in [1.29, 1.82) is 0 Å². The summed E-state index contributed by atoms with van der Waals surface area (Å²) >= 11 is 0. The minimum Gasteiger partial charge on any atom is -0.481 e. The predicted octanol–water partition coefficient (Wildman–Crippen LogP) is 4.71. The van der Waals surface area contributed by atoms with Crippen LogP contribution in [0.25, 0.3) is 0 Å². The van der Waals surface area contributed by atoms with E-state index in [1.807, 2.05) is 4.90 Å². The number of anilines is 3. The van der Waals surface area contributed by atoms with Crippen molar-refractivity contribution in [3.05, 3.63) is 59.2 Å². The highest BCUT2D eigenvalue weighted by Gasteiger charge is 2.49. The number of pyridine rings is 1. The smallest absolute Gasteiger partial charge is 0.417 e. The Morgan fingerprint density at radius 3 is 2.48 bits per heavy atom. The van der Waals surface area contributed by atoms with Crippen LogP contribution in [0.1, 0.15) is 43.1 Å². The van der Waals surface area contributed by atoms with Crippen LogP contribution in [0.3, 0.4) is 0 Å². The predicted molar refractivity (Wildman–Crippen MR) is 145 cm³/mol. The number of carboxylic acids is 1. The first-order chi connectivity index (χ1) is 19.7. The third-order valence-electron chi connectivity index (χ3n) is 7.89. The summed E-state index contributed by atoms with van der Waals surface area (Å²) in [5.41, 5.74) is -1.98. The van der Waals surface area contributed by atoms with Crippen LogP contribution in [0.4, 0.5) is 34.9 Å². The molecule has 4 heterocycles. The highest BCUT2D eigenvalue weighted by Crippen LogP contribution is 2.43. The van der Waals surface area contributed by atoms with Gasteiger partial charge in [-0.3, -0.25) is 9.89 Å². The van der Waals surface area contributed by atoms with Gasteiger partial charge in [0.25, 0.3) is 0 Å². The molecule has 0 unspecified atom stereocenters. The van der Waals surface area contributed by atoms with Crippen molar-refractivity contribution in [2.24, 2.45) is 5.41 Å². The van der Waals surface area contributed by atoms with Gasteiger partial charge in [0, 0.05) is 49.9 Å². The van der Waals surface area contributed by atoms with Gasteiger partial charge in [0.05, 0.1) is 27.3 Å². The second kappa shape index (κ2) is 10.8. The van der Waals surface area contributed by atoms with Gasteiger partial charge in [-0.2, -0.15) is 22.6 Å². The minimum atomic E-state index is -4.90. The third-order valence-corrected chi connectivity index (χ3v) is 9.96. The molecular formula is C27H30F4N6O4S.